The fourth-order valence-corrected chi connectivity index (χ4v) is 1.61. The lowest BCUT2D eigenvalue weighted by Gasteiger charge is -1.99. The molecule has 0 aliphatic rings. The van der Waals surface area contributed by atoms with Gasteiger partial charge in [-0.25, -0.2) is 9.48 Å². The highest BCUT2D eigenvalue weighted by molar-refractivity contribution is 5.96. The molecule has 2 aromatic rings. The number of carbonyl (C=O) groups is 2. The highest BCUT2D eigenvalue weighted by Crippen LogP contribution is 2.17. The molecule has 1 aromatic carbocycles. The van der Waals surface area contributed by atoms with E-state index in [0.717, 1.165) is 5.69 Å². The van der Waals surface area contributed by atoms with Crippen molar-refractivity contribution in [3.05, 3.63) is 42.1 Å². The molecule has 98 valence electrons. The van der Waals surface area contributed by atoms with Crippen molar-refractivity contribution in [2.75, 3.05) is 11.9 Å². The Morgan fingerprint density at radius 1 is 1.42 bits per heavy atom. The molecule has 0 fully saturated rings. The summed E-state index contributed by atoms with van der Waals surface area (Å²) in [5.41, 5.74) is 1.00. The number of hydrogen-bond donors (Lipinski definition) is 1. The zero-order valence-corrected chi connectivity index (χ0v) is 10.4. The van der Waals surface area contributed by atoms with Crippen LogP contribution >= 0.6 is 0 Å². The molecule has 6 heteroatoms. The van der Waals surface area contributed by atoms with Crippen molar-refractivity contribution in [1.82, 2.24) is 9.78 Å². The zero-order valence-electron chi connectivity index (χ0n) is 10.4. The molecular weight excluding hydrogens is 246 g/mol. The molecule has 1 heterocycles. The van der Waals surface area contributed by atoms with E-state index in [1.807, 2.05) is 30.3 Å². The summed E-state index contributed by atoms with van der Waals surface area (Å²) in [7, 11) is 0. The molecule has 0 spiro atoms. The number of hydrogen-bond acceptors (Lipinski definition) is 4. The van der Waals surface area contributed by atoms with E-state index >= 15 is 0 Å². The van der Waals surface area contributed by atoms with Crippen LogP contribution in [0.5, 0.6) is 0 Å². The van der Waals surface area contributed by atoms with E-state index in [0.29, 0.717) is 6.41 Å². The van der Waals surface area contributed by atoms with E-state index in [9.17, 15) is 9.59 Å². The average Bonchev–Trinajstić information content (AvgIpc) is 2.85. The Hall–Kier alpha value is -2.63. The molecule has 0 aliphatic carbocycles. The largest absolute Gasteiger partial charge is 0.462 e. The standard InChI is InChI=1S/C13H13N3O3/c1-2-19-13(18)11-8-16(15-12(11)14-9-17)10-6-4-3-5-7-10/h3-9H,2H2,1H3,(H,14,15,17). The predicted molar refractivity (Wildman–Crippen MR) is 69.2 cm³/mol. The maximum absolute atomic E-state index is 11.8. The first-order chi connectivity index (χ1) is 9.26. The average molecular weight is 259 g/mol. The number of nitrogens with one attached hydrogen (secondary N) is 1. The third kappa shape index (κ3) is 2.79. The zero-order chi connectivity index (χ0) is 13.7. The molecule has 1 amide bonds. The van der Waals surface area contributed by atoms with Gasteiger partial charge in [-0.3, -0.25) is 4.79 Å². The van der Waals surface area contributed by atoms with Crippen LogP contribution < -0.4 is 5.32 Å². The molecule has 0 atom stereocenters. The number of esters is 1. The summed E-state index contributed by atoms with van der Waals surface area (Å²) in [6.45, 7) is 1.97. The van der Waals surface area contributed by atoms with E-state index in [1.54, 1.807) is 6.92 Å². The Bertz CT molecular complexity index is 578. The molecule has 19 heavy (non-hydrogen) atoms. The van der Waals surface area contributed by atoms with Crippen LogP contribution in [0.2, 0.25) is 0 Å². The monoisotopic (exact) mass is 259 g/mol. The molecule has 0 bridgehead atoms. The molecule has 6 nitrogen and oxygen atoms in total. The van der Waals surface area contributed by atoms with Crippen molar-refractivity contribution >= 4 is 18.2 Å². The van der Waals surface area contributed by atoms with Gasteiger partial charge >= 0.3 is 5.97 Å². The lowest BCUT2D eigenvalue weighted by atomic mass is 10.3. The minimum Gasteiger partial charge on any atom is -0.462 e. The highest BCUT2D eigenvalue weighted by atomic mass is 16.5. The maximum Gasteiger partial charge on any atom is 0.343 e. The second-order valence-corrected chi connectivity index (χ2v) is 3.65. The Kier molecular flexibility index (Phi) is 3.92. The van der Waals surface area contributed by atoms with Crippen molar-refractivity contribution in [2.24, 2.45) is 0 Å². The van der Waals surface area contributed by atoms with Crippen molar-refractivity contribution in [3.63, 3.8) is 0 Å². The normalized spacial score (nSPS) is 9.95. The quantitative estimate of drug-likeness (QED) is 0.654. The molecule has 0 saturated carbocycles. The highest BCUT2D eigenvalue weighted by Gasteiger charge is 2.17. The van der Waals surface area contributed by atoms with Gasteiger partial charge in [-0.1, -0.05) is 18.2 Å². The van der Waals surface area contributed by atoms with Crippen molar-refractivity contribution in [3.8, 4) is 5.69 Å². The fourth-order valence-electron chi connectivity index (χ4n) is 1.61. The summed E-state index contributed by atoms with van der Waals surface area (Å²) in [6.07, 6.45) is 2.00. The number of aromatic nitrogens is 2. The topological polar surface area (TPSA) is 73.2 Å². The van der Waals surface area contributed by atoms with Crippen LogP contribution in [0.1, 0.15) is 17.3 Å². The number of carbonyl (C=O) groups excluding carboxylic acids is 2. The first-order valence-electron chi connectivity index (χ1n) is 5.78. The van der Waals surface area contributed by atoms with Crippen LogP contribution in [0, 0.1) is 0 Å². The summed E-state index contributed by atoms with van der Waals surface area (Å²) >= 11 is 0. The number of ether oxygens (including phenoxy) is 1. The molecule has 0 saturated heterocycles. The van der Waals surface area contributed by atoms with Crippen LogP contribution in [-0.4, -0.2) is 28.8 Å². The van der Waals surface area contributed by atoms with Crippen molar-refractivity contribution in [2.45, 2.75) is 6.92 Å². The van der Waals surface area contributed by atoms with Gasteiger partial charge in [0.15, 0.2) is 5.82 Å². The second kappa shape index (κ2) is 5.81. The first-order valence-corrected chi connectivity index (χ1v) is 5.78. The second-order valence-electron chi connectivity index (χ2n) is 3.65. The van der Waals surface area contributed by atoms with E-state index in [1.165, 1.54) is 10.9 Å². The van der Waals surface area contributed by atoms with E-state index in [2.05, 4.69) is 10.4 Å². The molecular formula is C13H13N3O3. The van der Waals surface area contributed by atoms with Gasteiger partial charge in [0.05, 0.1) is 12.3 Å². The Morgan fingerprint density at radius 2 is 2.16 bits per heavy atom. The van der Waals surface area contributed by atoms with Crippen LogP contribution in [0.15, 0.2) is 36.5 Å². The molecule has 0 radical (unpaired) electrons. The van der Waals surface area contributed by atoms with Gasteiger partial charge in [0, 0.05) is 6.20 Å². The smallest absolute Gasteiger partial charge is 0.343 e. The number of para-hydroxylation sites is 1. The first kappa shape index (κ1) is 12.8. The van der Waals surface area contributed by atoms with Crippen LogP contribution in [0.25, 0.3) is 5.69 Å². The predicted octanol–water partition coefficient (Wildman–Crippen LogP) is 1.62. The Balaban J connectivity index is 2.40. The third-order valence-corrected chi connectivity index (χ3v) is 2.43. The fraction of sp³-hybridized carbons (Fsp3) is 0.154. The number of amides is 1. The molecule has 2 rings (SSSR count). The third-order valence-electron chi connectivity index (χ3n) is 2.43. The van der Waals surface area contributed by atoms with E-state index in [4.69, 9.17) is 4.74 Å². The Labute approximate surface area is 110 Å². The van der Waals surface area contributed by atoms with Gasteiger partial charge in [0.25, 0.3) is 0 Å². The Morgan fingerprint density at radius 3 is 2.79 bits per heavy atom. The van der Waals surface area contributed by atoms with E-state index < -0.39 is 5.97 Å². The SMILES string of the molecule is CCOC(=O)c1cn(-c2ccccc2)nc1NC=O. The molecule has 1 N–H and O–H groups in total. The lowest BCUT2D eigenvalue weighted by Crippen LogP contribution is -2.07. The van der Waals surface area contributed by atoms with Gasteiger partial charge in [-0.05, 0) is 19.1 Å². The van der Waals surface area contributed by atoms with E-state index in [-0.39, 0.29) is 18.0 Å². The van der Waals surface area contributed by atoms with Crippen molar-refractivity contribution < 1.29 is 14.3 Å². The number of anilines is 1. The van der Waals surface area contributed by atoms with Crippen molar-refractivity contribution in [1.29, 1.82) is 0 Å². The van der Waals surface area contributed by atoms with Gasteiger partial charge < -0.3 is 10.1 Å². The van der Waals surface area contributed by atoms with Gasteiger partial charge in [0.1, 0.15) is 5.56 Å². The number of nitrogens with zero attached hydrogens (tertiary/aromatic N) is 2. The van der Waals surface area contributed by atoms with Gasteiger partial charge in [-0.15, -0.1) is 5.10 Å². The minimum absolute atomic E-state index is 0.178. The molecule has 0 unspecified atom stereocenters. The summed E-state index contributed by atoms with van der Waals surface area (Å²) < 4.78 is 6.43. The summed E-state index contributed by atoms with van der Waals surface area (Å²) in [6, 6.07) is 9.27. The minimum atomic E-state index is -0.519. The summed E-state index contributed by atoms with van der Waals surface area (Å²) in [4.78, 5) is 22.3. The lowest BCUT2D eigenvalue weighted by molar-refractivity contribution is -0.105. The van der Waals surface area contributed by atoms with Crippen LogP contribution in [0.3, 0.4) is 0 Å². The number of rotatable bonds is 5. The molecule has 1 aromatic heterocycles. The van der Waals surface area contributed by atoms with Crippen LogP contribution in [-0.2, 0) is 9.53 Å². The summed E-state index contributed by atoms with van der Waals surface area (Å²) in [5.74, 6) is -0.341. The van der Waals surface area contributed by atoms with Gasteiger partial charge in [0.2, 0.25) is 6.41 Å². The number of benzene rings is 1. The van der Waals surface area contributed by atoms with Crippen LogP contribution in [0.4, 0.5) is 5.82 Å². The van der Waals surface area contributed by atoms with Gasteiger partial charge in [-0.2, -0.15) is 0 Å². The molecule has 0 aliphatic heterocycles. The summed E-state index contributed by atoms with van der Waals surface area (Å²) in [5, 5.41) is 6.54. The maximum atomic E-state index is 11.8.